The van der Waals surface area contributed by atoms with Crippen LogP contribution in [0, 0.1) is 0 Å². The first-order chi connectivity index (χ1) is 10.1. The molecule has 2 amide bonds. The molecule has 2 aliphatic rings. The maximum absolute atomic E-state index is 12.1. The van der Waals surface area contributed by atoms with Gasteiger partial charge in [-0.25, -0.2) is 4.79 Å². The number of urea groups is 1. The molecular weight excluding hydrogens is 272 g/mol. The number of carbonyl (C=O) groups excluding carboxylic acids is 1. The van der Waals surface area contributed by atoms with E-state index >= 15 is 0 Å². The summed E-state index contributed by atoms with van der Waals surface area (Å²) in [6.07, 6.45) is 4.55. The number of nitrogens with one attached hydrogen (secondary N) is 1. The van der Waals surface area contributed by atoms with E-state index in [1.807, 2.05) is 6.92 Å². The lowest BCUT2D eigenvalue weighted by molar-refractivity contribution is -0.0230. The molecular formula is C14H22N4O3. The Labute approximate surface area is 123 Å². The molecule has 0 bridgehead atoms. The highest BCUT2D eigenvalue weighted by atomic mass is 16.5. The van der Waals surface area contributed by atoms with Gasteiger partial charge in [0.2, 0.25) is 5.89 Å². The van der Waals surface area contributed by atoms with Gasteiger partial charge in [0, 0.05) is 19.0 Å². The maximum atomic E-state index is 12.1. The number of nitrogens with zero attached hydrogens (tertiary/aromatic N) is 3. The van der Waals surface area contributed by atoms with Gasteiger partial charge in [0.05, 0.1) is 18.6 Å². The van der Waals surface area contributed by atoms with Crippen LogP contribution in [0.1, 0.15) is 44.3 Å². The monoisotopic (exact) mass is 294 g/mol. The van der Waals surface area contributed by atoms with Gasteiger partial charge in [0.1, 0.15) is 0 Å². The Morgan fingerprint density at radius 2 is 2.38 bits per heavy atom. The van der Waals surface area contributed by atoms with Crippen LogP contribution in [-0.4, -0.2) is 50.9 Å². The molecule has 21 heavy (non-hydrogen) atoms. The molecule has 0 radical (unpaired) electrons. The zero-order chi connectivity index (χ0) is 14.9. The Morgan fingerprint density at radius 3 is 3.05 bits per heavy atom. The van der Waals surface area contributed by atoms with Crippen molar-refractivity contribution in [2.24, 2.45) is 0 Å². The fraction of sp³-hybridized carbons (Fsp3) is 0.786. The second kappa shape index (κ2) is 5.63. The zero-order valence-electron chi connectivity index (χ0n) is 12.3. The first-order valence-electron chi connectivity index (χ1n) is 7.67. The quantitative estimate of drug-likeness (QED) is 0.860. The lowest BCUT2D eigenvalue weighted by Gasteiger charge is -2.38. The van der Waals surface area contributed by atoms with Crippen LogP contribution in [0.4, 0.5) is 4.79 Å². The Bertz CT molecular complexity index is 514. The van der Waals surface area contributed by atoms with E-state index < -0.39 is 5.60 Å². The Kier molecular flexibility index (Phi) is 3.84. The fourth-order valence-corrected chi connectivity index (χ4v) is 2.71. The third-order valence-electron chi connectivity index (χ3n) is 4.05. The molecule has 116 valence electrons. The number of carbonyl (C=O) groups is 1. The number of β-amino-alcohol motifs (C(OH)–C–C–N with tert-alkyl or cyclic N) is 1. The van der Waals surface area contributed by atoms with E-state index in [9.17, 15) is 9.90 Å². The smallest absolute Gasteiger partial charge is 0.317 e. The van der Waals surface area contributed by atoms with Gasteiger partial charge in [-0.15, -0.1) is 0 Å². The topological polar surface area (TPSA) is 91.5 Å². The van der Waals surface area contributed by atoms with Crippen LogP contribution in [0.3, 0.4) is 0 Å². The first kappa shape index (κ1) is 14.3. The summed E-state index contributed by atoms with van der Waals surface area (Å²) >= 11 is 0. The fourth-order valence-electron chi connectivity index (χ4n) is 2.71. The number of amides is 2. The predicted octanol–water partition coefficient (Wildman–Crippen LogP) is 0.873. The van der Waals surface area contributed by atoms with Crippen molar-refractivity contribution in [2.75, 3.05) is 13.1 Å². The van der Waals surface area contributed by atoms with Crippen molar-refractivity contribution < 1.29 is 14.4 Å². The number of aromatic nitrogens is 2. The predicted molar refractivity (Wildman–Crippen MR) is 74.7 cm³/mol. The minimum atomic E-state index is -0.976. The number of hydrogen-bond acceptors (Lipinski definition) is 5. The van der Waals surface area contributed by atoms with Crippen molar-refractivity contribution in [2.45, 2.75) is 57.1 Å². The molecule has 7 nitrogen and oxygen atoms in total. The molecule has 3 rings (SSSR count). The number of hydrogen-bond donors (Lipinski definition) is 2. The molecule has 2 fully saturated rings. The number of rotatable bonds is 4. The van der Waals surface area contributed by atoms with Gasteiger partial charge in [-0.05, 0) is 25.7 Å². The molecule has 0 aromatic carbocycles. The maximum Gasteiger partial charge on any atom is 0.317 e. The summed E-state index contributed by atoms with van der Waals surface area (Å²) in [4.78, 5) is 18.0. The number of likely N-dealkylation sites (tertiary alicyclic amines) is 1. The van der Waals surface area contributed by atoms with E-state index in [1.165, 1.54) is 0 Å². The van der Waals surface area contributed by atoms with Crippen LogP contribution >= 0.6 is 0 Å². The van der Waals surface area contributed by atoms with E-state index in [2.05, 4.69) is 15.5 Å². The summed E-state index contributed by atoms with van der Waals surface area (Å²) in [7, 11) is 0. The van der Waals surface area contributed by atoms with Gasteiger partial charge in [-0.3, -0.25) is 0 Å². The summed E-state index contributed by atoms with van der Waals surface area (Å²) < 4.78 is 5.15. The molecule has 1 saturated heterocycles. The molecule has 2 heterocycles. The van der Waals surface area contributed by atoms with Crippen molar-refractivity contribution >= 4 is 6.03 Å². The highest BCUT2D eigenvalue weighted by molar-refractivity contribution is 5.75. The van der Waals surface area contributed by atoms with Crippen LogP contribution in [-0.2, 0) is 12.8 Å². The molecule has 1 aliphatic heterocycles. The van der Waals surface area contributed by atoms with Crippen molar-refractivity contribution in [3.63, 3.8) is 0 Å². The first-order valence-corrected chi connectivity index (χ1v) is 7.67. The van der Waals surface area contributed by atoms with Crippen LogP contribution < -0.4 is 5.32 Å². The molecule has 0 spiro atoms. The second-order valence-corrected chi connectivity index (χ2v) is 6.11. The Balaban J connectivity index is 1.61. The average Bonchev–Trinajstić information content (AvgIpc) is 3.16. The van der Waals surface area contributed by atoms with Crippen LogP contribution in [0.5, 0.6) is 0 Å². The van der Waals surface area contributed by atoms with Gasteiger partial charge in [0.25, 0.3) is 0 Å². The lowest BCUT2D eigenvalue weighted by atomic mass is 9.89. The molecule has 1 aromatic rings. The van der Waals surface area contributed by atoms with Crippen LogP contribution in [0.25, 0.3) is 0 Å². The summed E-state index contributed by atoms with van der Waals surface area (Å²) in [6.45, 7) is 2.95. The van der Waals surface area contributed by atoms with Crippen molar-refractivity contribution in [1.82, 2.24) is 20.4 Å². The van der Waals surface area contributed by atoms with Gasteiger partial charge < -0.3 is 19.8 Å². The van der Waals surface area contributed by atoms with Crippen molar-refractivity contribution in [1.29, 1.82) is 0 Å². The van der Waals surface area contributed by atoms with E-state index in [1.54, 1.807) is 4.90 Å². The second-order valence-electron chi connectivity index (χ2n) is 6.11. The van der Waals surface area contributed by atoms with E-state index in [-0.39, 0.29) is 6.03 Å². The van der Waals surface area contributed by atoms with Gasteiger partial charge in [-0.1, -0.05) is 12.1 Å². The molecule has 7 heteroatoms. The minimum Gasteiger partial charge on any atom is -0.387 e. The summed E-state index contributed by atoms with van der Waals surface area (Å²) in [5, 5.41) is 17.5. The van der Waals surface area contributed by atoms with E-state index in [0.29, 0.717) is 50.1 Å². The van der Waals surface area contributed by atoms with E-state index in [4.69, 9.17) is 4.52 Å². The molecule has 1 aliphatic carbocycles. The summed E-state index contributed by atoms with van der Waals surface area (Å²) in [5.41, 5.74) is -0.976. The standard InChI is InChI=1S/C14H22N4O3/c1-2-11-16-12(21-17-11)8-14(20)6-3-7-18(9-14)13(19)15-10-4-5-10/h10,20H,2-9H2,1H3,(H,15,19). The number of aryl methyl sites for hydroxylation is 1. The Morgan fingerprint density at radius 1 is 1.57 bits per heavy atom. The molecule has 1 atom stereocenters. The van der Waals surface area contributed by atoms with Gasteiger partial charge in [-0.2, -0.15) is 4.98 Å². The molecule has 1 saturated carbocycles. The third-order valence-corrected chi connectivity index (χ3v) is 4.05. The molecule has 1 unspecified atom stereocenters. The number of aliphatic hydroxyl groups is 1. The average molecular weight is 294 g/mol. The summed E-state index contributed by atoms with van der Waals surface area (Å²) in [5.74, 6) is 1.09. The third kappa shape index (κ3) is 3.53. The van der Waals surface area contributed by atoms with Gasteiger partial charge >= 0.3 is 6.03 Å². The van der Waals surface area contributed by atoms with Crippen molar-refractivity contribution in [3.8, 4) is 0 Å². The SMILES string of the molecule is CCc1noc(CC2(O)CCCN(C(=O)NC3CC3)C2)n1. The molecule has 1 aromatic heterocycles. The largest absolute Gasteiger partial charge is 0.387 e. The lowest BCUT2D eigenvalue weighted by Crippen LogP contribution is -2.54. The van der Waals surface area contributed by atoms with E-state index in [0.717, 1.165) is 19.3 Å². The van der Waals surface area contributed by atoms with Gasteiger partial charge in [0.15, 0.2) is 5.82 Å². The van der Waals surface area contributed by atoms with Crippen molar-refractivity contribution in [3.05, 3.63) is 11.7 Å². The highest BCUT2D eigenvalue weighted by Gasteiger charge is 2.38. The Hall–Kier alpha value is -1.63. The van der Waals surface area contributed by atoms with Crippen LogP contribution in [0.15, 0.2) is 4.52 Å². The summed E-state index contributed by atoms with van der Waals surface area (Å²) in [6, 6.07) is 0.256. The number of piperidine rings is 1. The highest BCUT2D eigenvalue weighted by Crippen LogP contribution is 2.26. The minimum absolute atomic E-state index is 0.0737. The molecule has 2 N–H and O–H groups in total. The zero-order valence-corrected chi connectivity index (χ0v) is 12.3. The normalized spacial score (nSPS) is 25.9. The van der Waals surface area contributed by atoms with Crippen LogP contribution in [0.2, 0.25) is 0 Å².